The first kappa shape index (κ1) is 23.9. The Kier molecular flexibility index (Phi) is 11.0. The zero-order valence-electron chi connectivity index (χ0n) is 17.9. The summed E-state index contributed by atoms with van der Waals surface area (Å²) in [5.41, 5.74) is -0.329. The van der Waals surface area contributed by atoms with Gasteiger partial charge in [0.15, 0.2) is 0 Å². The highest BCUT2D eigenvalue weighted by Gasteiger charge is 2.34. The lowest BCUT2D eigenvalue weighted by Gasteiger charge is -2.45. The Morgan fingerprint density at radius 2 is 1.28 bits per heavy atom. The molecule has 0 aliphatic carbocycles. The van der Waals surface area contributed by atoms with Crippen molar-refractivity contribution in [2.24, 2.45) is 0 Å². The molecule has 148 valence electrons. The zero-order valence-corrected chi connectivity index (χ0v) is 17.9. The van der Waals surface area contributed by atoms with E-state index < -0.39 is 0 Å². The van der Waals surface area contributed by atoms with Gasteiger partial charge in [0.25, 0.3) is 0 Å². The average Bonchev–Trinajstić information content (AvgIpc) is 2.46. The molecule has 0 aliphatic rings. The van der Waals surface area contributed by atoms with Crippen molar-refractivity contribution in [2.75, 3.05) is 13.1 Å². The van der Waals surface area contributed by atoms with Gasteiger partial charge in [0.2, 0.25) is 12.3 Å². The Morgan fingerprint density at radius 3 is 1.68 bits per heavy atom. The number of hydrogen-bond donors (Lipinski definition) is 0. The topological polar surface area (TPSA) is 40.6 Å². The Labute approximate surface area is 156 Å². The molecule has 25 heavy (non-hydrogen) atoms. The van der Waals surface area contributed by atoms with E-state index in [0.717, 1.165) is 45.2 Å². The highest BCUT2D eigenvalue weighted by molar-refractivity contribution is 5.77. The molecule has 0 radical (unpaired) electrons. The van der Waals surface area contributed by atoms with Crippen LogP contribution in [-0.4, -0.2) is 46.3 Å². The van der Waals surface area contributed by atoms with Gasteiger partial charge >= 0.3 is 0 Å². The molecule has 4 heteroatoms. The molecule has 4 nitrogen and oxygen atoms in total. The molecule has 0 spiro atoms. The minimum Gasteiger partial charge on any atom is -0.345 e. The van der Waals surface area contributed by atoms with Crippen molar-refractivity contribution in [3.8, 4) is 0 Å². The second kappa shape index (κ2) is 11.5. The fourth-order valence-electron chi connectivity index (χ4n) is 3.59. The Bertz CT molecular complexity index is 366. The first-order valence-corrected chi connectivity index (χ1v) is 10.1. The number of nitrogens with zero attached hydrogens (tertiary/aromatic N) is 2. The molecule has 0 aromatic rings. The second-order valence-corrected chi connectivity index (χ2v) is 9.08. The van der Waals surface area contributed by atoms with Crippen molar-refractivity contribution < 1.29 is 9.59 Å². The minimum absolute atomic E-state index is 0.165. The summed E-state index contributed by atoms with van der Waals surface area (Å²) in [5, 5.41) is 0. The molecule has 2 amide bonds. The largest absolute Gasteiger partial charge is 0.345 e. The minimum atomic E-state index is -0.165. The lowest BCUT2D eigenvalue weighted by Crippen LogP contribution is -2.55. The quantitative estimate of drug-likeness (QED) is 0.365. The van der Waals surface area contributed by atoms with E-state index in [1.54, 1.807) is 0 Å². The van der Waals surface area contributed by atoms with Crippen molar-refractivity contribution >= 4 is 12.3 Å². The summed E-state index contributed by atoms with van der Waals surface area (Å²) in [5.74, 6) is 0.229. The van der Waals surface area contributed by atoms with Crippen LogP contribution < -0.4 is 0 Å². The monoisotopic (exact) mass is 354 g/mol. The SMILES string of the molecule is CCCCCCN(C=O)CCCCCC(=O)N(C(C)(C)C)C(C)(C)C. The van der Waals surface area contributed by atoms with Gasteiger partial charge in [-0.3, -0.25) is 9.59 Å². The van der Waals surface area contributed by atoms with E-state index in [2.05, 4.69) is 48.5 Å². The standard InChI is InChI=1S/C21H42N2O2/c1-8-9-10-13-16-22(18-24)17-14-11-12-15-19(25)23(20(2,3)4)21(5,6)7/h18H,8-17H2,1-7H3. The Morgan fingerprint density at radius 1 is 0.800 bits per heavy atom. The van der Waals surface area contributed by atoms with E-state index in [1.807, 2.05) is 9.80 Å². The molecule has 0 aliphatic heterocycles. The van der Waals surface area contributed by atoms with Crippen LogP contribution in [0.25, 0.3) is 0 Å². The van der Waals surface area contributed by atoms with Crippen molar-refractivity contribution in [3.05, 3.63) is 0 Å². The molecule has 0 bridgehead atoms. The van der Waals surface area contributed by atoms with E-state index in [0.29, 0.717) is 6.42 Å². The van der Waals surface area contributed by atoms with Crippen LogP contribution >= 0.6 is 0 Å². The molecular formula is C21H42N2O2. The van der Waals surface area contributed by atoms with Crippen LogP contribution in [0, 0.1) is 0 Å². The third-order valence-corrected chi connectivity index (χ3v) is 4.37. The molecule has 0 unspecified atom stereocenters. The summed E-state index contributed by atoms with van der Waals surface area (Å²) in [7, 11) is 0. The number of amides is 2. The van der Waals surface area contributed by atoms with Crippen LogP contribution in [-0.2, 0) is 9.59 Å². The van der Waals surface area contributed by atoms with Gasteiger partial charge in [0.05, 0.1) is 0 Å². The molecule has 0 heterocycles. The Balaban J connectivity index is 4.13. The molecule has 0 saturated heterocycles. The van der Waals surface area contributed by atoms with Crippen LogP contribution in [0.1, 0.15) is 99.8 Å². The maximum absolute atomic E-state index is 12.7. The van der Waals surface area contributed by atoms with Gasteiger partial charge in [-0.05, 0) is 60.8 Å². The number of unbranched alkanes of at least 4 members (excludes halogenated alkanes) is 5. The summed E-state index contributed by atoms with van der Waals surface area (Å²) in [6.45, 7) is 16.4. The Hall–Kier alpha value is -1.06. The van der Waals surface area contributed by atoms with Gasteiger partial charge in [-0.25, -0.2) is 0 Å². The van der Waals surface area contributed by atoms with Crippen LogP contribution in [0.15, 0.2) is 0 Å². The first-order valence-electron chi connectivity index (χ1n) is 10.1. The molecular weight excluding hydrogens is 312 g/mol. The average molecular weight is 355 g/mol. The number of hydrogen-bond acceptors (Lipinski definition) is 2. The molecule has 0 aromatic heterocycles. The first-order chi connectivity index (χ1) is 11.5. The lowest BCUT2D eigenvalue weighted by molar-refractivity contribution is -0.142. The molecule has 0 aromatic carbocycles. The molecule has 0 saturated carbocycles. The fourth-order valence-corrected chi connectivity index (χ4v) is 3.59. The van der Waals surface area contributed by atoms with Crippen LogP contribution in [0.3, 0.4) is 0 Å². The van der Waals surface area contributed by atoms with Gasteiger partial charge in [-0.15, -0.1) is 0 Å². The number of carbonyl (C=O) groups excluding carboxylic acids is 2. The van der Waals surface area contributed by atoms with Gasteiger partial charge in [-0.1, -0.05) is 32.6 Å². The highest BCUT2D eigenvalue weighted by Crippen LogP contribution is 2.26. The van der Waals surface area contributed by atoms with E-state index in [4.69, 9.17) is 0 Å². The summed E-state index contributed by atoms with van der Waals surface area (Å²) < 4.78 is 0. The van der Waals surface area contributed by atoms with Crippen molar-refractivity contribution in [3.63, 3.8) is 0 Å². The lowest BCUT2D eigenvalue weighted by atomic mass is 9.95. The van der Waals surface area contributed by atoms with Crippen molar-refractivity contribution in [1.29, 1.82) is 0 Å². The summed E-state index contributed by atoms with van der Waals surface area (Å²) in [4.78, 5) is 27.7. The van der Waals surface area contributed by atoms with E-state index in [-0.39, 0.29) is 17.0 Å². The number of carbonyl (C=O) groups is 2. The molecule has 0 rings (SSSR count). The van der Waals surface area contributed by atoms with Crippen LogP contribution in [0.4, 0.5) is 0 Å². The smallest absolute Gasteiger partial charge is 0.223 e. The van der Waals surface area contributed by atoms with E-state index >= 15 is 0 Å². The van der Waals surface area contributed by atoms with Gasteiger partial charge < -0.3 is 9.80 Å². The van der Waals surface area contributed by atoms with Gasteiger partial charge in [0, 0.05) is 30.6 Å². The number of rotatable bonds is 12. The van der Waals surface area contributed by atoms with E-state index in [9.17, 15) is 9.59 Å². The predicted octanol–water partition coefficient (Wildman–Crippen LogP) is 5.01. The van der Waals surface area contributed by atoms with Gasteiger partial charge in [-0.2, -0.15) is 0 Å². The summed E-state index contributed by atoms with van der Waals surface area (Å²) >= 11 is 0. The molecule has 0 fully saturated rings. The third-order valence-electron chi connectivity index (χ3n) is 4.37. The van der Waals surface area contributed by atoms with Crippen LogP contribution in [0.5, 0.6) is 0 Å². The zero-order chi connectivity index (χ0) is 19.5. The highest BCUT2D eigenvalue weighted by atomic mass is 16.2. The second-order valence-electron chi connectivity index (χ2n) is 9.08. The van der Waals surface area contributed by atoms with Gasteiger partial charge in [0.1, 0.15) is 0 Å². The van der Waals surface area contributed by atoms with Crippen molar-refractivity contribution in [1.82, 2.24) is 9.80 Å². The third kappa shape index (κ3) is 10.5. The normalized spacial score (nSPS) is 12.1. The molecule has 0 atom stereocenters. The maximum Gasteiger partial charge on any atom is 0.223 e. The maximum atomic E-state index is 12.7. The summed E-state index contributed by atoms with van der Waals surface area (Å²) in [6.07, 6.45) is 9.18. The molecule has 0 N–H and O–H groups in total. The van der Waals surface area contributed by atoms with Crippen LogP contribution in [0.2, 0.25) is 0 Å². The fraction of sp³-hybridized carbons (Fsp3) is 0.905. The van der Waals surface area contributed by atoms with E-state index in [1.165, 1.54) is 19.3 Å². The summed E-state index contributed by atoms with van der Waals surface area (Å²) in [6, 6.07) is 0. The predicted molar refractivity (Wildman–Crippen MR) is 107 cm³/mol. The van der Waals surface area contributed by atoms with Crippen molar-refractivity contribution in [2.45, 2.75) is 111 Å².